The van der Waals surface area contributed by atoms with Crippen molar-refractivity contribution < 1.29 is 23.8 Å². The molecule has 0 unspecified atom stereocenters. The van der Waals surface area contributed by atoms with Gasteiger partial charge in [0.15, 0.2) is 11.6 Å². The Morgan fingerprint density at radius 1 is 1.75 bits per heavy atom. The third-order valence-electron chi connectivity index (χ3n) is 3.88. The molecule has 2 heterocycles. The van der Waals surface area contributed by atoms with Gasteiger partial charge in [0, 0.05) is 6.42 Å². The largest absolute Gasteiger partial charge is 0.458 e. The maximum atomic E-state index is 13.6. The molecule has 1 aliphatic heterocycles. The molecule has 8 nitrogen and oxygen atoms in total. The van der Waals surface area contributed by atoms with Gasteiger partial charge in [0.2, 0.25) is 0 Å². The molecule has 0 amide bonds. The average molecular weight is 341 g/mol. The van der Waals surface area contributed by atoms with Crippen LogP contribution in [0.1, 0.15) is 26.5 Å². The Bertz CT molecular complexity index is 705. The number of nitrogens with two attached hydrogens (primary N) is 1. The minimum Gasteiger partial charge on any atom is -0.458 e. The van der Waals surface area contributed by atoms with E-state index in [9.17, 15) is 19.1 Å². The molecule has 0 spiro atoms. The first kappa shape index (κ1) is 18.1. The first-order chi connectivity index (χ1) is 11.2. The highest BCUT2D eigenvalue weighted by Gasteiger charge is 2.50. The van der Waals surface area contributed by atoms with Crippen molar-refractivity contribution in [1.82, 2.24) is 9.55 Å². The summed E-state index contributed by atoms with van der Waals surface area (Å²) in [7, 11) is 0. The molecule has 1 fully saturated rings. The summed E-state index contributed by atoms with van der Waals surface area (Å²) in [6.07, 6.45) is 0.322. The van der Waals surface area contributed by atoms with Gasteiger partial charge in [-0.1, -0.05) is 26.5 Å². The summed E-state index contributed by atoms with van der Waals surface area (Å²) in [5.41, 5.74) is 3.04. The number of aromatic nitrogens is 2. The van der Waals surface area contributed by atoms with Crippen molar-refractivity contribution in [3.05, 3.63) is 35.2 Å². The van der Waals surface area contributed by atoms with E-state index >= 15 is 0 Å². The molecule has 3 N–H and O–H groups in total. The topological polar surface area (TPSA) is 117 Å². The number of halogens is 1. The molecule has 1 aromatic heterocycles. The van der Waals surface area contributed by atoms with Gasteiger partial charge < -0.3 is 20.3 Å². The van der Waals surface area contributed by atoms with Gasteiger partial charge in [-0.15, -0.1) is 0 Å². The zero-order valence-electron chi connectivity index (χ0n) is 13.4. The molecule has 24 heavy (non-hydrogen) atoms. The molecule has 0 aromatic carbocycles. The zero-order valence-corrected chi connectivity index (χ0v) is 13.4. The molecule has 132 valence electrons. The lowest BCUT2D eigenvalue weighted by Gasteiger charge is -2.29. The summed E-state index contributed by atoms with van der Waals surface area (Å²) < 4.78 is 25.6. The van der Waals surface area contributed by atoms with Crippen molar-refractivity contribution in [3.63, 3.8) is 0 Å². The third-order valence-corrected chi connectivity index (χ3v) is 3.88. The van der Waals surface area contributed by atoms with Gasteiger partial charge in [-0.3, -0.25) is 9.36 Å². The fourth-order valence-corrected chi connectivity index (χ4v) is 2.40. The Morgan fingerprint density at radius 3 is 2.96 bits per heavy atom. The maximum absolute atomic E-state index is 13.6. The number of hydrogen-bond donors (Lipinski definition) is 2. The predicted octanol–water partition coefficient (Wildman–Crippen LogP) is 0.368. The van der Waals surface area contributed by atoms with E-state index in [1.54, 1.807) is 13.8 Å². The number of aliphatic hydroxyl groups is 1. The summed E-state index contributed by atoms with van der Waals surface area (Å²) in [5, 5.41) is 9.69. The number of carbonyl (C=O) groups is 1. The van der Waals surface area contributed by atoms with Crippen molar-refractivity contribution in [2.75, 3.05) is 12.3 Å². The summed E-state index contributed by atoms with van der Waals surface area (Å²) in [4.78, 5) is 27.2. The molecule has 1 saturated heterocycles. The third kappa shape index (κ3) is 3.17. The Kier molecular flexibility index (Phi) is 5.05. The van der Waals surface area contributed by atoms with Crippen molar-refractivity contribution >= 4 is 11.8 Å². The average Bonchev–Trinajstić information content (AvgIpc) is 2.89. The van der Waals surface area contributed by atoms with E-state index in [0.29, 0.717) is 0 Å². The van der Waals surface area contributed by atoms with Crippen molar-refractivity contribution in [1.29, 1.82) is 0 Å². The van der Waals surface area contributed by atoms with E-state index in [4.69, 9.17) is 15.2 Å². The van der Waals surface area contributed by atoms with Crippen molar-refractivity contribution in [2.45, 2.75) is 38.2 Å². The Morgan fingerprint density at radius 2 is 2.42 bits per heavy atom. The van der Waals surface area contributed by atoms with Crippen LogP contribution in [0.3, 0.4) is 0 Å². The molecule has 1 aromatic rings. The minimum atomic E-state index is -1.40. The number of anilines is 1. The van der Waals surface area contributed by atoms with E-state index in [2.05, 4.69) is 11.6 Å². The standard InChI is InChI=1S/C15H20FN3O5/c1-4-15(7-20)10(23-13(21)8(2)3)5-11(24-15)19-6-9(16)12(17)18-14(19)22/h4,6,8,10-11,20H,1,5,7H2,2-3H3,(H2,17,18,22)/t10-,11+,15+/m0/s1. The lowest BCUT2D eigenvalue weighted by atomic mass is 9.97. The fraction of sp³-hybridized carbons (Fsp3) is 0.533. The molecule has 1 aliphatic rings. The van der Waals surface area contributed by atoms with Gasteiger partial charge in [0.1, 0.15) is 17.9 Å². The molecule has 0 bridgehead atoms. The molecule has 3 atom stereocenters. The van der Waals surface area contributed by atoms with Gasteiger partial charge in [0.25, 0.3) is 0 Å². The van der Waals surface area contributed by atoms with E-state index in [0.717, 1.165) is 10.8 Å². The summed E-state index contributed by atoms with van der Waals surface area (Å²) in [5.74, 6) is -2.27. The van der Waals surface area contributed by atoms with E-state index in [1.165, 1.54) is 6.08 Å². The number of aliphatic hydroxyl groups excluding tert-OH is 1. The molecular weight excluding hydrogens is 321 g/mol. The first-order valence-corrected chi connectivity index (χ1v) is 7.41. The Balaban J connectivity index is 2.36. The number of nitrogen functional groups attached to an aromatic ring is 1. The smallest absolute Gasteiger partial charge is 0.351 e. The first-order valence-electron chi connectivity index (χ1n) is 7.41. The SMILES string of the molecule is C=C[C@]1(CO)O[C@@H](n2cc(F)c(N)nc2=O)C[C@@H]1OC(=O)C(C)C. The second kappa shape index (κ2) is 6.70. The van der Waals surface area contributed by atoms with Crippen LogP contribution < -0.4 is 11.4 Å². The molecular formula is C15H20FN3O5. The normalized spacial score (nSPS) is 26.5. The quantitative estimate of drug-likeness (QED) is 0.587. The molecule has 0 aliphatic carbocycles. The number of ether oxygens (including phenoxy) is 2. The maximum Gasteiger partial charge on any atom is 0.351 e. The van der Waals surface area contributed by atoms with Crippen molar-refractivity contribution in [3.8, 4) is 0 Å². The Hall–Kier alpha value is -2.26. The summed E-state index contributed by atoms with van der Waals surface area (Å²) >= 11 is 0. The van der Waals surface area contributed by atoms with Crippen LogP contribution >= 0.6 is 0 Å². The van der Waals surface area contributed by atoms with Gasteiger partial charge in [0.05, 0.1) is 18.7 Å². The highest BCUT2D eigenvalue weighted by Crippen LogP contribution is 2.39. The molecule has 9 heteroatoms. The number of nitrogens with zero attached hydrogens (tertiary/aromatic N) is 2. The number of esters is 1. The lowest BCUT2D eigenvalue weighted by Crippen LogP contribution is -2.44. The van der Waals surface area contributed by atoms with Gasteiger partial charge in [-0.2, -0.15) is 4.98 Å². The highest BCUT2D eigenvalue weighted by molar-refractivity contribution is 5.71. The van der Waals surface area contributed by atoms with Gasteiger partial charge >= 0.3 is 11.7 Å². The number of hydrogen-bond acceptors (Lipinski definition) is 7. The van der Waals surface area contributed by atoms with Crippen LogP contribution in [0, 0.1) is 11.7 Å². The van der Waals surface area contributed by atoms with Crippen LogP contribution in [0.5, 0.6) is 0 Å². The molecule has 2 rings (SSSR count). The minimum absolute atomic E-state index is 0.0238. The van der Waals surface area contributed by atoms with Crippen LogP contribution in [0.2, 0.25) is 0 Å². The predicted molar refractivity (Wildman–Crippen MR) is 82.3 cm³/mol. The molecule has 0 radical (unpaired) electrons. The van der Waals surface area contributed by atoms with Crippen LogP contribution in [-0.2, 0) is 14.3 Å². The van der Waals surface area contributed by atoms with E-state index in [-0.39, 0.29) is 12.3 Å². The van der Waals surface area contributed by atoms with Gasteiger partial charge in [-0.25, -0.2) is 9.18 Å². The van der Waals surface area contributed by atoms with Crippen molar-refractivity contribution in [2.24, 2.45) is 5.92 Å². The monoisotopic (exact) mass is 341 g/mol. The Labute approximate surface area is 137 Å². The number of carbonyl (C=O) groups excluding carboxylic acids is 1. The van der Waals surface area contributed by atoms with Crippen LogP contribution in [0.4, 0.5) is 10.2 Å². The van der Waals surface area contributed by atoms with Crippen LogP contribution in [-0.4, -0.2) is 38.9 Å². The molecule has 0 saturated carbocycles. The number of rotatable bonds is 5. The van der Waals surface area contributed by atoms with E-state index in [1.807, 2.05) is 0 Å². The van der Waals surface area contributed by atoms with E-state index < -0.39 is 47.8 Å². The highest BCUT2D eigenvalue weighted by atomic mass is 19.1. The summed E-state index contributed by atoms with van der Waals surface area (Å²) in [6, 6.07) is 0. The van der Waals surface area contributed by atoms with Gasteiger partial charge in [-0.05, 0) is 0 Å². The zero-order chi connectivity index (χ0) is 18.1. The lowest BCUT2D eigenvalue weighted by molar-refractivity contribution is -0.163. The second-order valence-corrected chi connectivity index (χ2v) is 5.87. The van der Waals surface area contributed by atoms with Crippen LogP contribution in [0.25, 0.3) is 0 Å². The van der Waals surface area contributed by atoms with Crippen LogP contribution in [0.15, 0.2) is 23.6 Å². The summed E-state index contributed by atoms with van der Waals surface area (Å²) in [6.45, 7) is 6.39. The second-order valence-electron chi connectivity index (χ2n) is 5.87. The fourth-order valence-electron chi connectivity index (χ4n) is 2.40.